The van der Waals surface area contributed by atoms with Crippen LogP contribution < -0.4 is 10.0 Å². The minimum Gasteiger partial charge on any atom is -0.454 e. The molecule has 0 aliphatic heterocycles. The van der Waals surface area contributed by atoms with Crippen LogP contribution in [0, 0.1) is 0 Å². The second-order valence-corrected chi connectivity index (χ2v) is 10.4. The summed E-state index contributed by atoms with van der Waals surface area (Å²) in [5, 5.41) is 3.14. The van der Waals surface area contributed by atoms with E-state index in [-0.39, 0.29) is 11.3 Å². The van der Waals surface area contributed by atoms with Crippen molar-refractivity contribution >= 4 is 45.3 Å². The summed E-state index contributed by atoms with van der Waals surface area (Å²) in [6, 6.07) is 4.54. The van der Waals surface area contributed by atoms with Gasteiger partial charge in [-0.15, -0.1) is 0 Å². The number of carbonyl (C=O) groups excluding carboxylic acids is 2. The number of benzene rings is 1. The normalized spacial score (nSPS) is 15.1. The summed E-state index contributed by atoms with van der Waals surface area (Å²) in [5.74, 6) is -0.643. The van der Waals surface area contributed by atoms with Crippen LogP contribution in [0.15, 0.2) is 40.8 Å². The third-order valence-corrected chi connectivity index (χ3v) is 7.20. The number of halogens is 1. The molecular weight excluding hydrogens is 460 g/mol. The Morgan fingerprint density at radius 2 is 1.97 bits per heavy atom. The molecule has 0 saturated carbocycles. The van der Waals surface area contributed by atoms with E-state index in [0.717, 1.165) is 19.3 Å². The van der Waals surface area contributed by atoms with Gasteiger partial charge in [0.2, 0.25) is 10.0 Å². The molecule has 1 unspecified atom stereocenters. The first kappa shape index (κ1) is 25.7. The van der Waals surface area contributed by atoms with Gasteiger partial charge in [-0.25, -0.2) is 8.42 Å². The summed E-state index contributed by atoms with van der Waals surface area (Å²) < 4.78 is 32.7. The molecule has 7 nitrogen and oxygen atoms in total. The first-order valence-corrected chi connectivity index (χ1v) is 13.5. The van der Waals surface area contributed by atoms with Gasteiger partial charge in [0.05, 0.1) is 4.90 Å². The molecule has 0 saturated heterocycles. The molecule has 31 heavy (non-hydrogen) atoms. The number of carbonyl (C=O) groups is 2. The fourth-order valence-electron chi connectivity index (χ4n) is 3.11. The van der Waals surface area contributed by atoms with E-state index in [9.17, 15) is 18.0 Å². The van der Waals surface area contributed by atoms with Gasteiger partial charge in [0.15, 0.2) is 6.61 Å². The van der Waals surface area contributed by atoms with Crippen LogP contribution in [0.3, 0.4) is 0 Å². The lowest BCUT2D eigenvalue weighted by atomic mass is 9.97. The van der Waals surface area contributed by atoms with Gasteiger partial charge in [-0.2, -0.15) is 16.5 Å². The van der Waals surface area contributed by atoms with Gasteiger partial charge in [0, 0.05) is 11.6 Å². The van der Waals surface area contributed by atoms with Crippen molar-refractivity contribution in [3.8, 4) is 0 Å². The molecule has 1 aliphatic rings. The van der Waals surface area contributed by atoms with E-state index in [1.807, 2.05) is 6.26 Å². The summed E-state index contributed by atoms with van der Waals surface area (Å²) in [6.07, 6.45) is 9.65. The molecule has 2 rings (SSSR count). The van der Waals surface area contributed by atoms with E-state index >= 15 is 0 Å². The highest BCUT2D eigenvalue weighted by molar-refractivity contribution is 7.98. The number of hydrogen-bond acceptors (Lipinski definition) is 6. The summed E-state index contributed by atoms with van der Waals surface area (Å²) >= 11 is 7.28. The first-order chi connectivity index (χ1) is 14.8. The highest BCUT2D eigenvalue weighted by Gasteiger charge is 2.27. The minimum atomic E-state index is -3.94. The zero-order valence-electron chi connectivity index (χ0n) is 17.6. The Morgan fingerprint density at radius 1 is 1.23 bits per heavy atom. The molecule has 1 aliphatic carbocycles. The predicted molar refractivity (Wildman–Crippen MR) is 124 cm³/mol. The molecule has 2 N–H and O–H groups in total. The van der Waals surface area contributed by atoms with Gasteiger partial charge in [-0.3, -0.25) is 9.59 Å². The van der Waals surface area contributed by atoms with Crippen molar-refractivity contribution in [1.29, 1.82) is 0 Å². The second kappa shape index (κ2) is 13.1. The first-order valence-electron chi connectivity index (χ1n) is 10.2. The predicted octanol–water partition coefficient (Wildman–Crippen LogP) is 3.29. The molecule has 0 heterocycles. The summed E-state index contributed by atoms with van der Waals surface area (Å²) in [5.41, 5.74) is 1.34. The molecule has 10 heteroatoms. The summed E-state index contributed by atoms with van der Waals surface area (Å²) in [7, 11) is -3.94. The van der Waals surface area contributed by atoms with E-state index in [2.05, 4.69) is 16.1 Å². The van der Waals surface area contributed by atoms with Crippen molar-refractivity contribution in [1.82, 2.24) is 10.0 Å². The second-order valence-electron chi connectivity index (χ2n) is 7.23. The average Bonchev–Trinajstić information content (AvgIpc) is 2.76. The Morgan fingerprint density at radius 3 is 2.61 bits per heavy atom. The number of hydrogen-bond donors (Lipinski definition) is 2. The SMILES string of the molecule is CSCCC(NS(=O)(=O)c1ccc(Cl)cc1)C(=O)OCC(=O)NCCC1=CCCCC1. The number of esters is 1. The maximum absolute atomic E-state index is 12.6. The molecular formula is C21H29ClN2O5S2. The number of ether oxygens (including phenoxy) is 1. The monoisotopic (exact) mass is 488 g/mol. The van der Waals surface area contributed by atoms with Crippen molar-refractivity contribution < 1.29 is 22.7 Å². The van der Waals surface area contributed by atoms with Gasteiger partial charge < -0.3 is 10.1 Å². The van der Waals surface area contributed by atoms with Crippen molar-refractivity contribution in [2.45, 2.75) is 49.5 Å². The highest BCUT2D eigenvalue weighted by atomic mass is 35.5. The van der Waals surface area contributed by atoms with Crippen LogP contribution in [0.1, 0.15) is 38.5 Å². The molecule has 0 fully saturated rings. The fraction of sp³-hybridized carbons (Fsp3) is 0.524. The third-order valence-electron chi connectivity index (χ3n) is 4.82. The lowest BCUT2D eigenvalue weighted by Crippen LogP contribution is -2.43. The summed E-state index contributed by atoms with van der Waals surface area (Å²) in [6.45, 7) is 0.0393. The molecule has 0 spiro atoms. The molecule has 172 valence electrons. The number of allylic oxidation sites excluding steroid dienone is 1. The summed E-state index contributed by atoms with van der Waals surface area (Å²) in [4.78, 5) is 24.5. The molecule has 0 aromatic heterocycles. The smallest absolute Gasteiger partial charge is 0.324 e. The van der Waals surface area contributed by atoms with Crippen LogP contribution >= 0.6 is 23.4 Å². The number of thioether (sulfide) groups is 1. The average molecular weight is 489 g/mol. The van der Waals surface area contributed by atoms with Gasteiger partial charge in [0.1, 0.15) is 6.04 Å². The van der Waals surface area contributed by atoms with Crippen LogP contribution in [0.4, 0.5) is 0 Å². The van der Waals surface area contributed by atoms with E-state index in [4.69, 9.17) is 16.3 Å². The Kier molecular flexibility index (Phi) is 10.9. The van der Waals surface area contributed by atoms with Crippen LogP contribution in [-0.2, 0) is 24.3 Å². The number of rotatable bonds is 12. The Labute approximate surface area is 193 Å². The Bertz CT molecular complexity index is 872. The van der Waals surface area contributed by atoms with E-state index in [0.29, 0.717) is 17.3 Å². The van der Waals surface area contributed by atoms with Gasteiger partial charge in [-0.1, -0.05) is 23.3 Å². The zero-order valence-corrected chi connectivity index (χ0v) is 20.0. The van der Waals surface area contributed by atoms with E-state index < -0.39 is 34.5 Å². The van der Waals surface area contributed by atoms with Crippen molar-refractivity contribution in [3.63, 3.8) is 0 Å². The molecule has 0 bridgehead atoms. The van der Waals surface area contributed by atoms with Gasteiger partial charge >= 0.3 is 5.97 Å². The van der Waals surface area contributed by atoms with Crippen molar-refractivity contribution in [2.75, 3.05) is 25.2 Å². The van der Waals surface area contributed by atoms with Crippen molar-refractivity contribution in [2.24, 2.45) is 0 Å². The quantitative estimate of drug-likeness (QED) is 0.346. The van der Waals surface area contributed by atoms with E-state index in [1.54, 1.807) is 0 Å². The van der Waals surface area contributed by atoms with Crippen LogP contribution in [0.5, 0.6) is 0 Å². The number of sulfonamides is 1. The standard InChI is InChI=1S/C21H29ClN2O5S2/c1-30-14-12-19(24-31(27,28)18-9-7-17(22)8-10-18)21(26)29-15-20(25)23-13-11-16-5-3-2-4-6-16/h5,7-10,19,24H,2-4,6,11-15H2,1H3,(H,23,25). The van der Waals surface area contributed by atoms with Crippen LogP contribution in [0.25, 0.3) is 0 Å². The lowest BCUT2D eigenvalue weighted by molar-refractivity contribution is -0.150. The van der Waals surface area contributed by atoms with Crippen LogP contribution in [0.2, 0.25) is 5.02 Å². The fourth-order valence-corrected chi connectivity index (χ4v) is 4.93. The minimum absolute atomic E-state index is 0.00591. The molecule has 1 amide bonds. The number of amides is 1. The Hall–Kier alpha value is -1.55. The lowest BCUT2D eigenvalue weighted by Gasteiger charge is -2.17. The largest absolute Gasteiger partial charge is 0.454 e. The molecule has 1 aromatic carbocycles. The third kappa shape index (κ3) is 9.22. The zero-order chi connectivity index (χ0) is 22.7. The number of nitrogens with one attached hydrogen (secondary N) is 2. The van der Waals surface area contributed by atoms with Crippen LogP contribution in [-0.4, -0.2) is 51.5 Å². The maximum Gasteiger partial charge on any atom is 0.324 e. The maximum atomic E-state index is 12.6. The molecule has 0 radical (unpaired) electrons. The van der Waals surface area contributed by atoms with Gasteiger partial charge in [0.25, 0.3) is 5.91 Å². The van der Waals surface area contributed by atoms with E-state index in [1.165, 1.54) is 54.4 Å². The molecule has 1 atom stereocenters. The molecule has 1 aromatic rings. The topological polar surface area (TPSA) is 102 Å². The van der Waals surface area contributed by atoms with Crippen molar-refractivity contribution in [3.05, 3.63) is 40.9 Å². The van der Waals surface area contributed by atoms with Gasteiger partial charge in [-0.05, 0) is 74.8 Å². The Balaban J connectivity index is 1.86. The highest BCUT2D eigenvalue weighted by Crippen LogP contribution is 2.19.